The first-order chi connectivity index (χ1) is 9.99. The Morgan fingerprint density at radius 1 is 0.818 bits per heavy atom. The van der Waals surface area contributed by atoms with Crippen molar-refractivity contribution < 1.29 is 30.3 Å². The first-order valence-corrected chi connectivity index (χ1v) is 5.99. The molecule has 0 spiro atoms. The van der Waals surface area contributed by atoms with Crippen molar-refractivity contribution in [2.24, 2.45) is 0 Å². The van der Waals surface area contributed by atoms with Crippen LogP contribution in [0.5, 0.6) is 23.0 Å². The molecule has 22 heavy (non-hydrogen) atoms. The van der Waals surface area contributed by atoms with Crippen LogP contribution in [0.3, 0.4) is 0 Å². The monoisotopic (exact) mass is 304 g/mol. The summed E-state index contributed by atoms with van der Waals surface area (Å²) < 4.78 is 5.37. The number of fused-ring (bicyclic) bond motifs is 1. The van der Waals surface area contributed by atoms with Crippen molar-refractivity contribution in [2.45, 2.75) is 0 Å². The molecule has 7 heteroatoms. The van der Waals surface area contributed by atoms with Crippen molar-refractivity contribution in [1.29, 1.82) is 0 Å². The lowest BCUT2D eigenvalue weighted by Gasteiger charge is -2.07. The third-order valence-corrected chi connectivity index (χ3v) is 3.12. The van der Waals surface area contributed by atoms with Crippen LogP contribution in [0.15, 0.2) is 45.6 Å². The Morgan fingerprint density at radius 3 is 2.09 bits per heavy atom. The quantitative estimate of drug-likeness (QED) is 0.501. The minimum absolute atomic E-state index is 0. The zero-order valence-corrected chi connectivity index (χ0v) is 11.1. The fourth-order valence-electron chi connectivity index (χ4n) is 2.03. The van der Waals surface area contributed by atoms with E-state index in [2.05, 4.69) is 0 Å². The van der Waals surface area contributed by atoms with Gasteiger partial charge in [-0.1, -0.05) is 0 Å². The van der Waals surface area contributed by atoms with Gasteiger partial charge in [0.2, 0.25) is 16.9 Å². The van der Waals surface area contributed by atoms with E-state index >= 15 is 0 Å². The van der Waals surface area contributed by atoms with Crippen LogP contribution in [0, 0.1) is 0 Å². The smallest absolute Gasteiger partial charge is 0.235 e. The largest absolute Gasteiger partial charge is 0.508 e. The third kappa shape index (κ3) is 2.19. The van der Waals surface area contributed by atoms with Crippen LogP contribution in [-0.4, -0.2) is 25.9 Å². The lowest BCUT2D eigenvalue weighted by Crippen LogP contribution is -2.02. The van der Waals surface area contributed by atoms with Crippen LogP contribution in [-0.2, 0) is 0 Å². The van der Waals surface area contributed by atoms with Gasteiger partial charge in [-0.05, 0) is 36.4 Å². The van der Waals surface area contributed by atoms with Crippen LogP contribution < -0.4 is 5.43 Å². The first-order valence-electron chi connectivity index (χ1n) is 5.99. The van der Waals surface area contributed by atoms with E-state index in [4.69, 9.17) is 4.42 Å². The molecule has 0 unspecified atom stereocenters. The summed E-state index contributed by atoms with van der Waals surface area (Å²) in [5.41, 5.74) is -0.609. The maximum absolute atomic E-state index is 12.1. The summed E-state index contributed by atoms with van der Waals surface area (Å²) in [6.45, 7) is 0. The highest BCUT2D eigenvalue weighted by atomic mass is 16.4. The van der Waals surface area contributed by atoms with Gasteiger partial charge in [-0.25, -0.2) is 0 Å². The van der Waals surface area contributed by atoms with E-state index in [0.717, 1.165) is 6.07 Å². The van der Waals surface area contributed by atoms with Crippen molar-refractivity contribution in [3.8, 4) is 34.3 Å². The molecule has 0 amide bonds. The van der Waals surface area contributed by atoms with Gasteiger partial charge in [-0.3, -0.25) is 4.79 Å². The van der Waals surface area contributed by atoms with E-state index in [1.165, 1.54) is 30.3 Å². The molecule has 3 aromatic rings. The number of hydrogen-bond donors (Lipinski definition) is 4. The van der Waals surface area contributed by atoms with Gasteiger partial charge in [0.05, 0.1) is 5.39 Å². The molecule has 7 nitrogen and oxygen atoms in total. The van der Waals surface area contributed by atoms with Gasteiger partial charge in [-0.15, -0.1) is 0 Å². The molecular formula is C15H12O7. The van der Waals surface area contributed by atoms with E-state index in [1.54, 1.807) is 0 Å². The molecule has 0 aliphatic carbocycles. The molecule has 0 radical (unpaired) electrons. The maximum atomic E-state index is 12.1. The van der Waals surface area contributed by atoms with E-state index in [1.807, 2.05) is 0 Å². The van der Waals surface area contributed by atoms with Gasteiger partial charge in [0, 0.05) is 5.56 Å². The standard InChI is InChI=1S/C15H10O6.H2O/c16-8-3-1-7(2-4-8)14-13(20)11(18)9-5-6-10(17)12(19)15(9)21-14;/h1-6,16-17,19-20H;1H2. The molecular weight excluding hydrogens is 292 g/mol. The third-order valence-electron chi connectivity index (χ3n) is 3.12. The molecule has 1 aromatic heterocycles. The summed E-state index contributed by atoms with van der Waals surface area (Å²) in [4.78, 5) is 12.1. The van der Waals surface area contributed by atoms with Crippen molar-refractivity contribution in [2.75, 3.05) is 0 Å². The zero-order valence-electron chi connectivity index (χ0n) is 11.1. The van der Waals surface area contributed by atoms with E-state index < -0.39 is 22.7 Å². The van der Waals surface area contributed by atoms with Crippen LogP contribution in [0.4, 0.5) is 0 Å². The molecule has 6 N–H and O–H groups in total. The van der Waals surface area contributed by atoms with Crippen molar-refractivity contribution in [3.05, 3.63) is 46.6 Å². The van der Waals surface area contributed by atoms with Crippen molar-refractivity contribution >= 4 is 11.0 Å². The number of phenolic OH excluding ortho intramolecular Hbond substituents is 3. The molecule has 0 aliphatic rings. The van der Waals surface area contributed by atoms with Crippen LogP contribution in [0.1, 0.15) is 0 Å². The first kappa shape index (κ1) is 15.2. The summed E-state index contributed by atoms with van der Waals surface area (Å²) in [6, 6.07) is 7.99. The minimum atomic E-state index is -0.727. The zero-order chi connectivity index (χ0) is 15.1. The molecule has 114 valence electrons. The van der Waals surface area contributed by atoms with E-state index in [9.17, 15) is 25.2 Å². The van der Waals surface area contributed by atoms with E-state index in [0.29, 0.717) is 5.56 Å². The predicted octanol–water partition coefficient (Wildman–Crippen LogP) is 1.46. The Bertz CT molecular complexity index is 894. The highest BCUT2D eigenvalue weighted by molar-refractivity contribution is 5.88. The SMILES string of the molecule is O.O=c1c(O)c(-c2ccc(O)cc2)oc2c(O)c(O)ccc12. The summed E-state index contributed by atoms with van der Waals surface area (Å²) in [5, 5.41) is 38.4. The van der Waals surface area contributed by atoms with E-state index in [-0.39, 0.29) is 28.0 Å². The molecule has 0 fully saturated rings. The Morgan fingerprint density at radius 2 is 1.45 bits per heavy atom. The molecule has 1 heterocycles. The molecule has 0 saturated heterocycles. The van der Waals surface area contributed by atoms with Gasteiger partial charge >= 0.3 is 0 Å². The number of rotatable bonds is 1. The molecule has 2 aromatic carbocycles. The second-order valence-corrected chi connectivity index (χ2v) is 4.47. The Kier molecular flexibility index (Phi) is 3.66. The van der Waals surface area contributed by atoms with Crippen molar-refractivity contribution in [3.63, 3.8) is 0 Å². The number of phenols is 3. The van der Waals surface area contributed by atoms with Crippen LogP contribution in [0.25, 0.3) is 22.3 Å². The highest BCUT2D eigenvalue weighted by Gasteiger charge is 2.18. The Hall–Kier alpha value is -3.19. The van der Waals surface area contributed by atoms with Gasteiger partial charge in [0.1, 0.15) is 5.75 Å². The Balaban J connectivity index is 0.00000176. The average molecular weight is 304 g/mol. The lowest BCUT2D eigenvalue weighted by molar-refractivity contribution is 0.397. The highest BCUT2D eigenvalue weighted by Crippen LogP contribution is 2.37. The predicted molar refractivity (Wildman–Crippen MR) is 78.2 cm³/mol. The van der Waals surface area contributed by atoms with Gasteiger partial charge in [-0.2, -0.15) is 0 Å². The van der Waals surface area contributed by atoms with Gasteiger partial charge in [0.25, 0.3) is 0 Å². The molecule has 0 saturated carbocycles. The summed E-state index contributed by atoms with van der Waals surface area (Å²) in [6.07, 6.45) is 0. The maximum Gasteiger partial charge on any atom is 0.235 e. The van der Waals surface area contributed by atoms with Gasteiger partial charge < -0.3 is 30.3 Å². The Labute approximate surface area is 123 Å². The molecule has 0 bridgehead atoms. The minimum Gasteiger partial charge on any atom is -0.508 e. The number of aromatic hydroxyl groups is 4. The topological polar surface area (TPSA) is 143 Å². The van der Waals surface area contributed by atoms with Crippen LogP contribution >= 0.6 is 0 Å². The van der Waals surface area contributed by atoms with Crippen molar-refractivity contribution in [1.82, 2.24) is 0 Å². The average Bonchev–Trinajstić information content (AvgIpc) is 2.48. The number of hydrogen-bond acceptors (Lipinski definition) is 6. The second-order valence-electron chi connectivity index (χ2n) is 4.47. The van der Waals surface area contributed by atoms with Crippen LogP contribution in [0.2, 0.25) is 0 Å². The molecule has 0 aliphatic heterocycles. The second kappa shape index (κ2) is 5.30. The van der Waals surface area contributed by atoms with Gasteiger partial charge in [0.15, 0.2) is 17.1 Å². The lowest BCUT2D eigenvalue weighted by atomic mass is 10.1. The molecule has 0 atom stereocenters. The number of benzene rings is 2. The summed E-state index contributed by atoms with van der Waals surface area (Å²) >= 11 is 0. The summed E-state index contributed by atoms with van der Waals surface area (Å²) in [7, 11) is 0. The fraction of sp³-hybridized carbons (Fsp3) is 0. The fourth-order valence-corrected chi connectivity index (χ4v) is 2.03. The summed E-state index contributed by atoms with van der Waals surface area (Å²) in [5.74, 6) is -1.77. The normalized spacial score (nSPS) is 10.4. The molecule has 3 rings (SSSR count).